The van der Waals surface area contributed by atoms with Crippen LogP contribution >= 0.6 is 0 Å². The number of rotatable bonds is 6. The van der Waals surface area contributed by atoms with Crippen molar-refractivity contribution in [1.29, 1.82) is 0 Å². The van der Waals surface area contributed by atoms with E-state index in [9.17, 15) is 14.7 Å². The quantitative estimate of drug-likeness (QED) is 0.862. The third kappa shape index (κ3) is 3.15. The molecule has 0 fully saturated rings. The van der Waals surface area contributed by atoms with E-state index in [-0.39, 0.29) is 5.91 Å². The van der Waals surface area contributed by atoms with Crippen LogP contribution in [-0.4, -0.2) is 49.3 Å². The van der Waals surface area contributed by atoms with Crippen LogP contribution in [0.4, 0.5) is 0 Å². The van der Waals surface area contributed by atoms with Gasteiger partial charge >= 0.3 is 5.97 Å². The predicted molar refractivity (Wildman–Crippen MR) is 95.5 cm³/mol. The summed E-state index contributed by atoms with van der Waals surface area (Å²) >= 11 is 0. The lowest BCUT2D eigenvalue weighted by Crippen LogP contribution is -2.46. The maximum absolute atomic E-state index is 13.1. The summed E-state index contributed by atoms with van der Waals surface area (Å²) in [6, 6.07) is 13.4. The molecular weight excluding hydrogens is 334 g/mol. The van der Waals surface area contributed by atoms with Gasteiger partial charge < -0.3 is 19.5 Å². The second-order valence-electron chi connectivity index (χ2n) is 6.11. The van der Waals surface area contributed by atoms with Crippen molar-refractivity contribution in [1.82, 2.24) is 4.90 Å². The number of ether oxygens (including phenoxy) is 2. The fourth-order valence-electron chi connectivity index (χ4n) is 3.47. The van der Waals surface area contributed by atoms with Gasteiger partial charge in [0.2, 0.25) is 0 Å². The maximum Gasteiger partial charge on any atom is 0.313 e. The van der Waals surface area contributed by atoms with E-state index in [0.717, 1.165) is 5.56 Å². The number of hydrogen-bond acceptors (Lipinski definition) is 4. The minimum atomic E-state index is -0.965. The van der Waals surface area contributed by atoms with Crippen LogP contribution < -0.4 is 4.74 Å². The molecule has 1 N–H and O–H groups in total. The smallest absolute Gasteiger partial charge is 0.313 e. The number of carbonyl (C=O) groups excluding carboxylic acids is 1. The van der Waals surface area contributed by atoms with E-state index >= 15 is 0 Å². The standard InChI is InChI=1S/C20H21NO5/c1-25-12-11-21-18(13-7-9-14(26-2)10-8-13)17(20(23)24)15-5-3-4-6-16(15)19(21)22/h3-10,17-18H,11-12H2,1-2H3,(H,23,24)/t17-,18-/m0/s1. The zero-order valence-corrected chi connectivity index (χ0v) is 14.7. The number of methoxy groups -OCH3 is 2. The summed E-state index contributed by atoms with van der Waals surface area (Å²) in [5.74, 6) is -1.33. The number of benzene rings is 2. The molecule has 1 amide bonds. The van der Waals surface area contributed by atoms with Gasteiger partial charge in [-0.3, -0.25) is 9.59 Å². The molecular formula is C20H21NO5. The molecule has 1 aliphatic rings. The lowest BCUT2D eigenvalue weighted by molar-refractivity contribution is -0.140. The molecule has 0 aliphatic carbocycles. The number of carboxylic acids is 1. The van der Waals surface area contributed by atoms with Crippen molar-refractivity contribution in [2.45, 2.75) is 12.0 Å². The molecule has 0 bridgehead atoms. The molecule has 6 heteroatoms. The van der Waals surface area contributed by atoms with E-state index in [1.54, 1.807) is 67.7 Å². The zero-order chi connectivity index (χ0) is 18.7. The first kappa shape index (κ1) is 17.9. The fraction of sp³-hybridized carbons (Fsp3) is 0.300. The van der Waals surface area contributed by atoms with Crippen LogP contribution in [0.3, 0.4) is 0 Å². The largest absolute Gasteiger partial charge is 0.497 e. The van der Waals surface area contributed by atoms with Gasteiger partial charge in [0.25, 0.3) is 5.91 Å². The van der Waals surface area contributed by atoms with Gasteiger partial charge in [-0.2, -0.15) is 0 Å². The van der Waals surface area contributed by atoms with Crippen LogP contribution in [0.25, 0.3) is 0 Å². The second kappa shape index (κ2) is 7.58. The molecule has 3 rings (SSSR count). The molecule has 136 valence electrons. The van der Waals surface area contributed by atoms with Crippen LogP contribution in [0.1, 0.15) is 33.4 Å². The van der Waals surface area contributed by atoms with Gasteiger partial charge in [0, 0.05) is 19.2 Å². The molecule has 0 radical (unpaired) electrons. The normalized spacial score (nSPS) is 19.2. The van der Waals surface area contributed by atoms with Gasteiger partial charge in [-0.05, 0) is 29.3 Å². The Morgan fingerprint density at radius 2 is 1.81 bits per heavy atom. The monoisotopic (exact) mass is 355 g/mol. The average Bonchev–Trinajstić information content (AvgIpc) is 2.67. The molecule has 2 aromatic carbocycles. The Morgan fingerprint density at radius 1 is 1.12 bits per heavy atom. The third-order valence-corrected chi connectivity index (χ3v) is 4.70. The molecule has 2 aromatic rings. The highest BCUT2D eigenvalue weighted by atomic mass is 16.5. The van der Waals surface area contributed by atoms with Crippen molar-refractivity contribution in [2.24, 2.45) is 0 Å². The topological polar surface area (TPSA) is 76.1 Å². The Bertz CT molecular complexity index is 802. The molecule has 1 heterocycles. The van der Waals surface area contributed by atoms with Gasteiger partial charge in [-0.25, -0.2) is 0 Å². The number of carbonyl (C=O) groups is 2. The lowest BCUT2D eigenvalue weighted by Gasteiger charge is -2.40. The number of aliphatic carboxylic acids is 1. The predicted octanol–water partition coefficient (Wildman–Crippen LogP) is 2.71. The Morgan fingerprint density at radius 3 is 2.42 bits per heavy atom. The SMILES string of the molecule is COCCN1C(=O)c2ccccc2[C@H](C(=O)O)[C@@H]1c1ccc(OC)cc1. The van der Waals surface area contributed by atoms with E-state index in [4.69, 9.17) is 9.47 Å². The Labute approximate surface area is 152 Å². The first-order valence-corrected chi connectivity index (χ1v) is 8.34. The third-order valence-electron chi connectivity index (χ3n) is 4.70. The van der Waals surface area contributed by atoms with E-state index in [1.165, 1.54) is 0 Å². The van der Waals surface area contributed by atoms with Crippen LogP contribution in [0.15, 0.2) is 48.5 Å². The first-order chi connectivity index (χ1) is 12.6. The molecule has 0 spiro atoms. The highest BCUT2D eigenvalue weighted by Crippen LogP contribution is 2.42. The van der Waals surface area contributed by atoms with Gasteiger partial charge in [-0.1, -0.05) is 30.3 Å². The summed E-state index contributed by atoms with van der Waals surface area (Å²) in [6.45, 7) is 0.636. The van der Waals surface area contributed by atoms with Crippen LogP contribution in [-0.2, 0) is 9.53 Å². The number of fused-ring (bicyclic) bond motifs is 1. The molecule has 6 nitrogen and oxygen atoms in total. The van der Waals surface area contributed by atoms with Crippen LogP contribution in [0.2, 0.25) is 0 Å². The molecule has 0 saturated carbocycles. The van der Waals surface area contributed by atoms with Crippen molar-refractivity contribution >= 4 is 11.9 Å². The van der Waals surface area contributed by atoms with Crippen molar-refractivity contribution in [3.05, 3.63) is 65.2 Å². The Balaban J connectivity index is 2.14. The number of hydrogen-bond donors (Lipinski definition) is 1. The lowest BCUT2D eigenvalue weighted by atomic mass is 9.80. The minimum absolute atomic E-state index is 0.184. The molecule has 2 atom stereocenters. The number of carboxylic acid groups (broad SMARTS) is 1. The van der Waals surface area contributed by atoms with E-state index < -0.39 is 17.9 Å². The molecule has 1 aliphatic heterocycles. The number of amides is 1. The summed E-state index contributed by atoms with van der Waals surface area (Å²) in [5.41, 5.74) is 1.72. The molecule has 0 saturated heterocycles. The second-order valence-corrected chi connectivity index (χ2v) is 6.11. The van der Waals surface area contributed by atoms with Crippen LogP contribution in [0, 0.1) is 0 Å². The summed E-state index contributed by atoms with van der Waals surface area (Å²) in [4.78, 5) is 26.8. The highest BCUT2D eigenvalue weighted by molar-refractivity contribution is 6.00. The highest BCUT2D eigenvalue weighted by Gasteiger charge is 2.43. The summed E-state index contributed by atoms with van der Waals surface area (Å²) < 4.78 is 10.3. The number of nitrogens with zero attached hydrogens (tertiary/aromatic N) is 1. The first-order valence-electron chi connectivity index (χ1n) is 8.34. The van der Waals surface area contributed by atoms with Gasteiger partial charge in [-0.15, -0.1) is 0 Å². The van der Waals surface area contributed by atoms with Gasteiger partial charge in [0.05, 0.1) is 19.8 Å². The van der Waals surface area contributed by atoms with Gasteiger partial charge in [0.1, 0.15) is 11.7 Å². The van der Waals surface area contributed by atoms with Gasteiger partial charge in [0.15, 0.2) is 0 Å². The fourth-order valence-corrected chi connectivity index (χ4v) is 3.47. The van der Waals surface area contributed by atoms with E-state index in [2.05, 4.69) is 0 Å². The average molecular weight is 355 g/mol. The summed E-state index contributed by atoms with van der Waals surface area (Å²) in [5, 5.41) is 9.95. The summed E-state index contributed by atoms with van der Waals surface area (Å²) in [7, 11) is 3.12. The molecule has 0 unspecified atom stereocenters. The molecule has 0 aromatic heterocycles. The van der Waals surface area contributed by atoms with Crippen molar-refractivity contribution < 1.29 is 24.2 Å². The van der Waals surface area contributed by atoms with Crippen molar-refractivity contribution in [2.75, 3.05) is 27.4 Å². The Hall–Kier alpha value is -2.86. The molecule has 26 heavy (non-hydrogen) atoms. The maximum atomic E-state index is 13.1. The van der Waals surface area contributed by atoms with Crippen molar-refractivity contribution in [3.63, 3.8) is 0 Å². The van der Waals surface area contributed by atoms with Crippen LogP contribution in [0.5, 0.6) is 5.75 Å². The zero-order valence-electron chi connectivity index (χ0n) is 14.7. The van der Waals surface area contributed by atoms with Crippen molar-refractivity contribution in [3.8, 4) is 5.75 Å². The summed E-state index contributed by atoms with van der Waals surface area (Å²) in [6.07, 6.45) is 0. The Kier molecular flexibility index (Phi) is 5.23. The van der Waals surface area contributed by atoms with E-state index in [0.29, 0.717) is 30.0 Å². The minimum Gasteiger partial charge on any atom is -0.497 e. The van der Waals surface area contributed by atoms with E-state index in [1.807, 2.05) is 0 Å².